The standard InChI is InChI=1S/C10H14FNO2/c1-6(13)10(12)9-7(11)4-3-5-8(9)14-2/h3-6,10,13H,12H2,1-2H3/t6-,10-/m0/s1. The van der Waals surface area contributed by atoms with Crippen LogP contribution in [0.25, 0.3) is 0 Å². The highest BCUT2D eigenvalue weighted by atomic mass is 19.1. The van der Waals surface area contributed by atoms with Crippen molar-refractivity contribution in [1.82, 2.24) is 0 Å². The Bertz CT molecular complexity index is 315. The maximum Gasteiger partial charge on any atom is 0.131 e. The number of aliphatic hydroxyl groups excluding tert-OH is 1. The van der Waals surface area contributed by atoms with Gasteiger partial charge in [-0.1, -0.05) is 6.07 Å². The molecule has 0 spiro atoms. The minimum atomic E-state index is -0.819. The number of nitrogens with two attached hydrogens (primary N) is 1. The SMILES string of the molecule is COc1cccc(F)c1[C@@H](N)[C@H](C)O. The van der Waals surface area contributed by atoms with Crippen LogP contribution in [-0.2, 0) is 0 Å². The highest BCUT2D eigenvalue weighted by Gasteiger charge is 2.20. The molecule has 0 saturated heterocycles. The first-order chi connectivity index (χ1) is 6.57. The molecule has 2 atom stereocenters. The summed E-state index contributed by atoms with van der Waals surface area (Å²) in [7, 11) is 1.44. The van der Waals surface area contributed by atoms with E-state index < -0.39 is 18.0 Å². The molecule has 78 valence electrons. The maximum absolute atomic E-state index is 13.4. The zero-order valence-electron chi connectivity index (χ0n) is 8.20. The Morgan fingerprint density at radius 3 is 2.64 bits per heavy atom. The van der Waals surface area contributed by atoms with E-state index in [9.17, 15) is 9.50 Å². The summed E-state index contributed by atoms with van der Waals surface area (Å²) < 4.78 is 18.3. The molecule has 0 saturated carbocycles. The van der Waals surface area contributed by atoms with Gasteiger partial charge < -0.3 is 15.6 Å². The van der Waals surface area contributed by atoms with Crippen molar-refractivity contribution in [2.75, 3.05) is 7.11 Å². The molecular formula is C10H14FNO2. The number of rotatable bonds is 3. The smallest absolute Gasteiger partial charge is 0.131 e. The molecule has 0 aliphatic rings. The van der Waals surface area contributed by atoms with Crippen LogP contribution in [0.15, 0.2) is 18.2 Å². The van der Waals surface area contributed by atoms with Gasteiger partial charge in [-0.15, -0.1) is 0 Å². The molecule has 4 heteroatoms. The molecule has 0 aromatic heterocycles. The minimum absolute atomic E-state index is 0.213. The third-order valence-corrected chi connectivity index (χ3v) is 2.09. The second-order valence-corrected chi connectivity index (χ2v) is 3.12. The predicted molar refractivity (Wildman–Crippen MR) is 51.6 cm³/mol. The second kappa shape index (κ2) is 4.39. The van der Waals surface area contributed by atoms with Gasteiger partial charge in [-0.05, 0) is 19.1 Å². The Hall–Kier alpha value is -1.13. The molecule has 0 bridgehead atoms. The maximum atomic E-state index is 13.4. The van der Waals surface area contributed by atoms with Gasteiger partial charge in [-0.2, -0.15) is 0 Å². The van der Waals surface area contributed by atoms with Crippen molar-refractivity contribution in [3.05, 3.63) is 29.6 Å². The van der Waals surface area contributed by atoms with Gasteiger partial charge in [-0.25, -0.2) is 4.39 Å². The van der Waals surface area contributed by atoms with E-state index in [0.29, 0.717) is 5.75 Å². The summed E-state index contributed by atoms with van der Waals surface area (Å²) in [5.74, 6) is -0.101. The molecule has 3 N–H and O–H groups in total. The molecule has 1 aromatic carbocycles. The lowest BCUT2D eigenvalue weighted by Crippen LogP contribution is -2.24. The first-order valence-corrected chi connectivity index (χ1v) is 4.34. The zero-order chi connectivity index (χ0) is 10.7. The summed E-state index contributed by atoms with van der Waals surface area (Å²) in [4.78, 5) is 0. The van der Waals surface area contributed by atoms with Gasteiger partial charge in [0, 0.05) is 5.56 Å². The predicted octanol–water partition coefficient (Wildman–Crippen LogP) is 1.21. The number of methoxy groups -OCH3 is 1. The van der Waals surface area contributed by atoms with Crippen molar-refractivity contribution in [2.45, 2.75) is 19.1 Å². The Morgan fingerprint density at radius 2 is 2.14 bits per heavy atom. The van der Waals surface area contributed by atoms with Crippen LogP contribution in [0.3, 0.4) is 0 Å². The van der Waals surface area contributed by atoms with Gasteiger partial charge in [0.15, 0.2) is 0 Å². The van der Waals surface area contributed by atoms with Gasteiger partial charge in [0.05, 0.1) is 19.3 Å². The van der Waals surface area contributed by atoms with E-state index in [1.54, 1.807) is 6.07 Å². The van der Waals surface area contributed by atoms with Crippen LogP contribution in [0, 0.1) is 5.82 Å². The average molecular weight is 199 g/mol. The van der Waals surface area contributed by atoms with Crippen molar-refractivity contribution in [2.24, 2.45) is 5.73 Å². The summed E-state index contributed by atoms with van der Waals surface area (Å²) in [5.41, 5.74) is 5.86. The van der Waals surface area contributed by atoms with E-state index in [0.717, 1.165) is 0 Å². The summed E-state index contributed by atoms with van der Waals surface area (Å²) in [6, 6.07) is 3.67. The fourth-order valence-electron chi connectivity index (χ4n) is 1.26. The lowest BCUT2D eigenvalue weighted by Gasteiger charge is -2.18. The Labute approximate surface area is 82.3 Å². The molecule has 0 aliphatic carbocycles. The minimum Gasteiger partial charge on any atom is -0.496 e. The van der Waals surface area contributed by atoms with Crippen LogP contribution in [-0.4, -0.2) is 18.3 Å². The third kappa shape index (κ3) is 2.02. The molecule has 0 amide bonds. The lowest BCUT2D eigenvalue weighted by molar-refractivity contribution is 0.160. The van der Waals surface area contributed by atoms with E-state index in [4.69, 9.17) is 10.5 Å². The summed E-state index contributed by atoms with van der Waals surface area (Å²) in [6.07, 6.45) is -0.819. The van der Waals surface area contributed by atoms with E-state index in [2.05, 4.69) is 0 Å². The van der Waals surface area contributed by atoms with Gasteiger partial charge in [0.25, 0.3) is 0 Å². The van der Waals surface area contributed by atoms with Crippen LogP contribution < -0.4 is 10.5 Å². The molecule has 1 aromatic rings. The van der Waals surface area contributed by atoms with Crippen LogP contribution >= 0.6 is 0 Å². The van der Waals surface area contributed by atoms with Crippen LogP contribution in [0.2, 0.25) is 0 Å². The first-order valence-electron chi connectivity index (χ1n) is 4.34. The number of ether oxygens (including phenoxy) is 1. The molecule has 14 heavy (non-hydrogen) atoms. The highest BCUT2D eigenvalue weighted by Crippen LogP contribution is 2.28. The van der Waals surface area contributed by atoms with Crippen molar-refractivity contribution >= 4 is 0 Å². The normalized spacial score (nSPS) is 14.9. The lowest BCUT2D eigenvalue weighted by atomic mass is 10.0. The molecule has 1 rings (SSSR count). The van der Waals surface area contributed by atoms with E-state index in [-0.39, 0.29) is 5.56 Å². The van der Waals surface area contributed by atoms with Gasteiger partial charge >= 0.3 is 0 Å². The Morgan fingerprint density at radius 1 is 1.50 bits per heavy atom. The summed E-state index contributed by atoms with van der Waals surface area (Å²) in [6.45, 7) is 1.51. The average Bonchev–Trinajstić information content (AvgIpc) is 2.16. The summed E-state index contributed by atoms with van der Waals surface area (Å²) in [5, 5.41) is 9.27. The third-order valence-electron chi connectivity index (χ3n) is 2.09. The Balaban J connectivity index is 3.16. The van der Waals surface area contributed by atoms with Crippen molar-refractivity contribution in [3.8, 4) is 5.75 Å². The van der Waals surface area contributed by atoms with Gasteiger partial charge in [0.2, 0.25) is 0 Å². The number of aliphatic hydroxyl groups is 1. The van der Waals surface area contributed by atoms with Crippen molar-refractivity contribution < 1.29 is 14.2 Å². The quantitative estimate of drug-likeness (QED) is 0.769. The largest absolute Gasteiger partial charge is 0.496 e. The highest BCUT2D eigenvalue weighted by molar-refractivity contribution is 5.37. The van der Waals surface area contributed by atoms with Crippen LogP contribution in [0.4, 0.5) is 4.39 Å². The zero-order valence-corrected chi connectivity index (χ0v) is 8.20. The topological polar surface area (TPSA) is 55.5 Å². The number of benzene rings is 1. The monoisotopic (exact) mass is 199 g/mol. The van der Waals surface area contributed by atoms with Crippen molar-refractivity contribution in [1.29, 1.82) is 0 Å². The van der Waals surface area contributed by atoms with Gasteiger partial charge in [-0.3, -0.25) is 0 Å². The molecule has 3 nitrogen and oxygen atoms in total. The van der Waals surface area contributed by atoms with Crippen LogP contribution in [0.1, 0.15) is 18.5 Å². The van der Waals surface area contributed by atoms with Gasteiger partial charge in [0.1, 0.15) is 11.6 Å². The molecule has 0 fully saturated rings. The number of hydrogen-bond acceptors (Lipinski definition) is 3. The first kappa shape index (κ1) is 10.9. The molecular weight excluding hydrogens is 185 g/mol. The van der Waals surface area contributed by atoms with E-state index in [1.165, 1.54) is 26.2 Å². The van der Waals surface area contributed by atoms with E-state index >= 15 is 0 Å². The van der Waals surface area contributed by atoms with E-state index in [1.807, 2.05) is 0 Å². The Kier molecular flexibility index (Phi) is 3.43. The number of hydrogen-bond donors (Lipinski definition) is 2. The number of halogens is 1. The summed E-state index contributed by atoms with van der Waals surface area (Å²) >= 11 is 0. The second-order valence-electron chi connectivity index (χ2n) is 3.12. The van der Waals surface area contributed by atoms with Crippen molar-refractivity contribution in [3.63, 3.8) is 0 Å². The fraction of sp³-hybridized carbons (Fsp3) is 0.400. The molecule has 0 heterocycles. The molecule has 0 aliphatic heterocycles. The molecule has 0 radical (unpaired) electrons. The van der Waals surface area contributed by atoms with Crippen LogP contribution in [0.5, 0.6) is 5.75 Å². The fourth-order valence-corrected chi connectivity index (χ4v) is 1.26. The molecule has 0 unspecified atom stereocenters.